The Morgan fingerprint density at radius 2 is 2.30 bits per heavy atom. The first-order valence-electron chi connectivity index (χ1n) is 7.63. The van der Waals surface area contributed by atoms with Crippen molar-refractivity contribution in [3.63, 3.8) is 0 Å². The number of likely N-dealkylation sites (tertiary alicyclic amines) is 1. The number of rotatable bonds is 5. The molecule has 5 heteroatoms. The zero-order chi connectivity index (χ0) is 13.8. The molecule has 0 bridgehead atoms. The zero-order valence-electron chi connectivity index (χ0n) is 11.8. The van der Waals surface area contributed by atoms with Crippen molar-refractivity contribution in [3.8, 4) is 0 Å². The molecular formula is C15H23N3O2. The van der Waals surface area contributed by atoms with Gasteiger partial charge in [0.25, 0.3) is 0 Å². The van der Waals surface area contributed by atoms with Crippen LogP contribution in [0.3, 0.4) is 0 Å². The summed E-state index contributed by atoms with van der Waals surface area (Å²) in [5, 5.41) is 6.32. The molecule has 110 valence electrons. The number of nitrogens with one attached hydrogen (secondary N) is 2. The van der Waals surface area contributed by atoms with E-state index in [0.717, 1.165) is 38.2 Å². The van der Waals surface area contributed by atoms with Gasteiger partial charge in [0.2, 0.25) is 5.91 Å². The first-order chi connectivity index (χ1) is 9.84. The fraction of sp³-hybridized carbons (Fsp3) is 0.667. The Hall–Kier alpha value is -1.33. The van der Waals surface area contributed by atoms with Crippen molar-refractivity contribution in [2.24, 2.45) is 0 Å². The van der Waals surface area contributed by atoms with Gasteiger partial charge in [-0.2, -0.15) is 0 Å². The van der Waals surface area contributed by atoms with Gasteiger partial charge in [-0.05, 0) is 57.5 Å². The Labute approximate surface area is 119 Å². The molecule has 0 aromatic carbocycles. The van der Waals surface area contributed by atoms with E-state index in [4.69, 9.17) is 4.42 Å². The third-order valence-electron chi connectivity index (χ3n) is 4.30. The van der Waals surface area contributed by atoms with Crippen molar-refractivity contribution in [1.29, 1.82) is 0 Å². The van der Waals surface area contributed by atoms with Crippen molar-refractivity contribution < 1.29 is 9.21 Å². The predicted molar refractivity (Wildman–Crippen MR) is 76.3 cm³/mol. The predicted octanol–water partition coefficient (Wildman–Crippen LogP) is 1.28. The second-order valence-corrected chi connectivity index (χ2v) is 5.67. The number of nitrogens with zero attached hydrogens (tertiary/aromatic N) is 1. The van der Waals surface area contributed by atoms with Gasteiger partial charge in [-0.15, -0.1) is 0 Å². The van der Waals surface area contributed by atoms with Crippen LogP contribution in [0, 0.1) is 0 Å². The number of carbonyl (C=O) groups excluding carboxylic acids is 1. The summed E-state index contributed by atoms with van der Waals surface area (Å²) in [4.78, 5) is 14.5. The summed E-state index contributed by atoms with van der Waals surface area (Å²) in [6.07, 6.45) is 6.20. The van der Waals surface area contributed by atoms with Crippen LogP contribution in [0.5, 0.6) is 0 Å². The number of hydrogen-bond donors (Lipinski definition) is 2. The largest absolute Gasteiger partial charge is 0.468 e. The highest BCUT2D eigenvalue weighted by molar-refractivity contribution is 5.82. The molecular weight excluding hydrogens is 254 g/mol. The van der Waals surface area contributed by atoms with Crippen LogP contribution in [0.1, 0.15) is 37.5 Å². The highest BCUT2D eigenvalue weighted by atomic mass is 16.3. The fourth-order valence-electron chi connectivity index (χ4n) is 3.17. The third kappa shape index (κ3) is 3.04. The fourth-order valence-corrected chi connectivity index (χ4v) is 3.17. The molecule has 2 atom stereocenters. The molecule has 1 aromatic heterocycles. The van der Waals surface area contributed by atoms with E-state index < -0.39 is 0 Å². The Bertz CT molecular complexity index is 420. The number of amides is 1. The molecule has 20 heavy (non-hydrogen) atoms. The van der Waals surface area contributed by atoms with E-state index in [2.05, 4.69) is 15.5 Å². The smallest absolute Gasteiger partial charge is 0.237 e. The molecule has 0 radical (unpaired) electrons. The molecule has 2 aliphatic rings. The van der Waals surface area contributed by atoms with Gasteiger partial charge in [-0.3, -0.25) is 9.69 Å². The van der Waals surface area contributed by atoms with Crippen molar-refractivity contribution in [2.75, 3.05) is 26.2 Å². The van der Waals surface area contributed by atoms with E-state index in [1.165, 1.54) is 12.8 Å². The molecule has 1 aromatic rings. The van der Waals surface area contributed by atoms with Gasteiger partial charge in [0.05, 0.1) is 18.3 Å². The Kier molecular flexibility index (Phi) is 4.38. The molecule has 0 spiro atoms. The van der Waals surface area contributed by atoms with Gasteiger partial charge in [0.1, 0.15) is 5.76 Å². The topological polar surface area (TPSA) is 57.5 Å². The van der Waals surface area contributed by atoms with Crippen LogP contribution >= 0.6 is 0 Å². The summed E-state index contributed by atoms with van der Waals surface area (Å²) in [5.74, 6) is 1.07. The van der Waals surface area contributed by atoms with Crippen LogP contribution in [0.15, 0.2) is 22.8 Å². The van der Waals surface area contributed by atoms with Crippen molar-refractivity contribution in [2.45, 2.75) is 37.8 Å². The molecule has 0 saturated carbocycles. The maximum atomic E-state index is 12.1. The molecule has 1 unspecified atom stereocenters. The second-order valence-electron chi connectivity index (χ2n) is 5.67. The van der Waals surface area contributed by atoms with Gasteiger partial charge in [-0.1, -0.05) is 0 Å². The van der Waals surface area contributed by atoms with Gasteiger partial charge >= 0.3 is 0 Å². The molecule has 3 heterocycles. The van der Waals surface area contributed by atoms with Gasteiger partial charge in [-0.25, -0.2) is 0 Å². The maximum absolute atomic E-state index is 12.1. The minimum absolute atomic E-state index is 0.00849. The summed E-state index contributed by atoms with van der Waals surface area (Å²) < 4.78 is 5.56. The minimum atomic E-state index is -0.00849. The van der Waals surface area contributed by atoms with Crippen molar-refractivity contribution in [1.82, 2.24) is 15.5 Å². The lowest BCUT2D eigenvalue weighted by Gasteiger charge is -2.26. The van der Waals surface area contributed by atoms with Crippen LogP contribution in [-0.4, -0.2) is 43.0 Å². The van der Waals surface area contributed by atoms with Crippen LogP contribution in [0.25, 0.3) is 0 Å². The molecule has 0 aliphatic carbocycles. The molecule has 2 N–H and O–H groups in total. The van der Waals surface area contributed by atoms with E-state index in [9.17, 15) is 4.79 Å². The SMILES string of the molecule is O=C(NCC(c1ccco1)N1CCCC1)[C@@H]1CCCN1. The quantitative estimate of drug-likeness (QED) is 0.851. The lowest BCUT2D eigenvalue weighted by Crippen LogP contribution is -2.44. The van der Waals surface area contributed by atoms with E-state index in [1.54, 1.807) is 6.26 Å². The summed E-state index contributed by atoms with van der Waals surface area (Å²) in [7, 11) is 0. The minimum Gasteiger partial charge on any atom is -0.468 e. The third-order valence-corrected chi connectivity index (χ3v) is 4.30. The average molecular weight is 277 g/mol. The van der Waals surface area contributed by atoms with Gasteiger partial charge in [0.15, 0.2) is 0 Å². The lowest BCUT2D eigenvalue weighted by molar-refractivity contribution is -0.123. The van der Waals surface area contributed by atoms with Gasteiger partial charge in [0, 0.05) is 6.54 Å². The zero-order valence-corrected chi connectivity index (χ0v) is 11.8. The summed E-state index contributed by atoms with van der Waals surface area (Å²) >= 11 is 0. The van der Waals surface area contributed by atoms with Crippen LogP contribution < -0.4 is 10.6 Å². The van der Waals surface area contributed by atoms with Crippen LogP contribution in [0.2, 0.25) is 0 Å². The molecule has 2 fully saturated rings. The number of furan rings is 1. The molecule has 2 aliphatic heterocycles. The van der Waals surface area contributed by atoms with E-state index in [-0.39, 0.29) is 18.0 Å². The lowest BCUT2D eigenvalue weighted by atomic mass is 10.1. The van der Waals surface area contributed by atoms with Crippen LogP contribution in [0.4, 0.5) is 0 Å². The second kappa shape index (κ2) is 6.41. The Morgan fingerprint density at radius 1 is 1.45 bits per heavy atom. The Balaban J connectivity index is 1.59. The van der Waals surface area contributed by atoms with Gasteiger partial charge < -0.3 is 15.1 Å². The summed E-state index contributed by atoms with van der Waals surface area (Å²) in [6, 6.07) is 4.07. The first kappa shape index (κ1) is 13.6. The maximum Gasteiger partial charge on any atom is 0.237 e. The molecule has 2 saturated heterocycles. The Morgan fingerprint density at radius 3 is 2.95 bits per heavy atom. The van der Waals surface area contributed by atoms with E-state index >= 15 is 0 Å². The monoisotopic (exact) mass is 277 g/mol. The van der Waals surface area contributed by atoms with Crippen molar-refractivity contribution >= 4 is 5.91 Å². The first-order valence-corrected chi connectivity index (χ1v) is 7.63. The standard InChI is InChI=1S/C15H23N3O2/c19-15(12-5-3-7-16-12)17-11-13(14-6-4-10-20-14)18-8-1-2-9-18/h4,6,10,12-13,16H,1-3,5,7-9,11H2,(H,17,19)/t12-,13?/m0/s1. The highest BCUT2D eigenvalue weighted by Gasteiger charge is 2.28. The van der Waals surface area contributed by atoms with E-state index in [1.807, 2.05) is 12.1 Å². The van der Waals surface area contributed by atoms with Crippen LogP contribution in [-0.2, 0) is 4.79 Å². The van der Waals surface area contributed by atoms with E-state index in [0.29, 0.717) is 6.54 Å². The number of carbonyl (C=O) groups is 1. The number of hydrogen-bond acceptors (Lipinski definition) is 4. The normalized spacial score (nSPS) is 24.9. The summed E-state index contributed by atoms with van der Waals surface area (Å²) in [5.41, 5.74) is 0. The highest BCUT2D eigenvalue weighted by Crippen LogP contribution is 2.24. The average Bonchev–Trinajstić information content (AvgIpc) is 3.22. The summed E-state index contributed by atoms with van der Waals surface area (Å²) in [6.45, 7) is 3.75. The molecule has 5 nitrogen and oxygen atoms in total. The van der Waals surface area contributed by atoms with Crippen molar-refractivity contribution in [3.05, 3.63) is 24.2 Å². The molecule has 1 amide bonds. The molecule has 3 rings (SSSR count).